The first-order valence-electron chi connectivity index (χ1n) is 13.4. The highest BCUT2D eigenvalue weighted by molar-refractivity contribution is 6.07. The fourth-order valence-electron chi connectivity index (χ4n) is 8.06. The lowest BCUT2D eigenvalue weighted by Gasteiger charge is -2.55. The lowest BCUT2D eigenvalue weighted by molar-refractivity contribution is -0.147. The van der Waals surface area contributed by atoms with Crippen LogP contribution in [0.5, 0.6) is 0 Å². The van der Waals surface area contributed by atoms with Crippen molar-refractivity contribution in [1.29, 1.82) is 0 Å². The molecule has 2 aromatic heterocycles. The van der Waals surface area contributed by atoms with E-state index in [1.54, 1.807) is 6.26 Å². The number of furan rings is 1. The van der Waals surface area contributed by atoms with Gasteiger partial charge in [-0.05, 0) is 111 Å². The van der Waals surface area contributed by atoms with E-state index in [0.717, 1.165) is 72.0 Å². The summed E-state index contributed by atoms with van der Waals surface area (Å²) in [4.78, 5) is 32.1. The Morgan fingerprint density at radius 3 is 2.47 bits per heavy atom. The van der Waals surface area contributed by atoms with Crippen molar-refractivity contribution in [3.63, 3.8) is 0 Å². The summed E-state index contributed by atoms with van der Waals surface area (Å²) < 4.78 is 11.4. The van der Waals surface area contributed by atoms with Crippen molar-refractivity contribution in [3.05, 3.63) is 65.2 Å². The zero-order valence-corrected chi connectivity index (χ0v) is 20.5. The molecule has 0 unspecified atom stereocenters. The minimum absolute atomic E-state index is 0.120. The van der Waals surface area contributed by atoms with Gasteiger partial charge in [0.05, 0.1) is 23.0 Å². The average molecular weight is 482 g/mol. The van der Waals surface area contributed by atoms with E-state index in [9.17, 15) is 9.59 Å². The Morgan fingerprint density at radius 2 is 1.75 bits per heavy atom. The summed E-state index contributed by atoms with van der Waals surface area (Å²) >= 11 is 0. The normalized spacial score (nSPS) is 29.4. The van der Waals surface area contributed by atoms with Gasteiger partial charge in [0.1, 0.15) is 5.76 Å². The molecule has 0 radical (unpaired) electrons. The topological polar surface area (TPSA) is 69.4 Å². The van der Waals surface area contributed by atoms with E-state index in [1.807, 2.05) is 42.5 Å². The molecular formula is C31H31NO4. The molecule has 5 nitrogen and oxygen atoms in total. The molecule has 4 fully saturated rings. The van der Waals surface area contributed by atoms with E-state index in [1.165, 1.54) is 19.3 Å². The van der Waals surface area contributed by atoms with Crippen LogP contribution in [-0.2, 0) is 16.0 Å². The molecule has 4 bridgehead atoms. The number of benzene rings is 1. The number of aromatic nitrogens is 1. The lowest BCUT2D eigenvalue weighted by atomic mass is 9.48. The van der Waals surface area contributed by atoms with Crippen molar-refractivity contribution >= 4 is 34.3 Å². The van der Waals surface area contributed by atoms with Crippen molar-refractivity contribution in [1.82, 2.24) is 4.98 Å². The standard InChI is InChI=1S/C31H31NO4/c33-27(31-15-19-11-20(16-31)13-21(12-19)17-31)18-36-30(34)28-24-7-1-2-9-26(24)32-29-22(5-3-8-25(28)29)14-23-6-4-10-35-23/h1-2,4,6-7,9-10,14,19-21H,3,5,8,11-13,15-18H2. The average Bonchev–Trinajstić information content (AvgIpc) is 3.38. The molecule has 36 heavy (non-hydrogen) atoms. The molecule has 5 aliphatic rings. The van der Waals surface area contributed by atoms with Crippen LogP contribution in [0.15, 0.2) is 47.1 Å². The zero-order chi connectivity index (χ0) is 24.3. The third-order valence-electron chi connectivity index (χ3n) is 9.20. The first-order chi connectivity index (χ1) is 17.6. The summed E-state index contributed by atoms with van der Waals surface area (Å²) in [5.74, 6) is 2.57. The lowest BCUT2D eigenvalue weighted by Crippen LogP contribution is -2.51. The monoisotopic (exact) mass is 481 g/mol. The summed E-state index contributed by atoms with van der Waals surface area (Å²) in [5.41, 5.74) is 3.91. The number of para-hydroxylation sites is 1. The van der Waals surface area contributed by atoms with Gasteiger partial charge in [0.15, 0.2) is 12.4 Å². The molecule has 5 aliphatic carbocycles. The number of ether oxygens (including phenoxy) is 1. The predicted molar refractivity (Wildman–Crippen MR) is 137 cm³/mol. The second-order valence-corrected chi connectivity index (χ2v) is 11.6. The van der Waals surface area contributed by atoms with Crippen molar-refractivity contribution in [2.75, 3.05) is 6.61 Å². The van der Waals surface area contributed by atoms with Crippen LogP contribution < -0.4 is 0 Å². The molecule has 4 saturated carbocycles. The quantitative estimate of drug-likeness (QED) is 0.382. The third kappa shape index (κ3) is 3.63. The fourth-order valence-corrected chi connectivity index (χ4v) is 8.06. The number of carbonyl (C=O) groups excluding carboxylic acids is 2. The Bertz CT molecular complexity index is 1350. The number of allylic oxidation sites excluding steroid dienone is 1. The second-order valence-electron chi connectivity index (χ2n) is 11.6. The Morgan fingerprint density at radius 1 is 1.00 bits per heavy atom. The molecule has 184 valence electrons. The van der Waals surface area contributed by atoms with Crippen LogP contribution in [-0.4, -0.2) is 23.3 Å². The largest absolute Gasteiger partial charge is 0.465 e. The van der Waals surface area contributed by atoms with Gasteiger partial charge in [0, 0.05) is 10.8 Å². The highest BCUT2D eigenvalue weighted by Crippen LogP contribution is 2.60. The van der Waals surface area contributed by atoms with Gasteiger partial charge < -0.3 is 9.15 Å². The number of pyridine rings is 1. The SMILES string of the molecule is O=C(OCC(=O)C12CC3CC(CC(C3)C1)C2)c1c2c(nc3ccccc13)C(=Cc1ccco1)CCC2. The molecule has 1 aromatic carbocycles. The minimum Gasteiger partial charge on any atom is -0.465 e. The molecule has 5 heteroatoms. The highest BCUT2D eigenvalue weighted by atomic mass is 16.5. The smallest absolute Gasteiger partial charge is 0.339 e. The van der Waals surface area contributed by atoms with Crippen molar-refractivity contribution in [2.24, 2.45) is 23.2 Å². The van der Waals surface area contributed by atoms with Gasteiger partial charge in [0.2, 0.25) is 0 Å². The summed E-state index contributed by atoms with van der Waals surface area (Å²) in [7, 11) is 0. The maximum Gasteiger partial charge on any atom is 0.339 e. The summed E-state index contributed by atoms with van der Waals surface area (Å²) in [5, 5.41) is 0.794. The summed E-state index contributed by atoms with van der Waals surface area (Å²) in [6.07, 6.45) is 13.1. The van der Waals surface area contributed by atoms with E-state index in [-0.39, 0.29) is 17.8 Å². The van der Waals surface area contributed by atoms with Crippen LogP contribution in [0.25, 0.3) is 22.6 Å². The number of hydrogen-bond acceptors (Lipinski definition) is 5. The second kappa shape index (κ2) is 8.43. The van der Waals surface area contributed by atoms with E-state index < -0.39 is 5.97 Å². The Hall–Kier alpha value is -3.21. The maximum atomic E-state index is 13.6. The number of carbonyl (C=O) groups is 2. The first kappa shape index (κ1) is 22.0. The summed E-state index contributed by atoms with van der Waals surface area (Å²) in [6, 6.07) is 11.5. The molecular weight excluding hydrogens is 450 g/mol. The zero-order valence-electron chi connectivity index (χ0n) is 20.5. The number of nitrogens with zero attached hydrogens (tertiary/aromatic N) is 1. The fraction of sp³-hybridized carbons (Fsp3) is 0.452. The number of Topliss-reactive ketones (excluding diaryl/α,β-unsaturated/α-hetero) is 1. The summed E-state index contributed by atoms with van der Waals surface area (Å²) in [6.45, 7) is -0.120. The van der Waals surface area contributed by atoms with Crippen LogP contribution >= 0.6 is 0 Å². The van der Waals surface area contributed by atoms with Gasteiger partial charge in [-0.3, -0.25) is 4.79 Å². The van der Waals surface area contributed by atoms with Gasteiger partial charge >= 0.3 is 5.97 Å². The number of hydrogen-bond donors (Lipinski definition) is 0. The van der Waals surface area contributed by atoms with Crippen LogP contribution in [0.2, 0.25) is 0 Å². The molecule has 8 rings (SSSR count). The number of rotatable bonds is 5. The van der Waals surface area contributed by atoms with Crippen molar-refractivity contribution < 1.29 is 18.7 Å². The number of fused-ring (bicyclic) bond motifs is 2. The highest BCUT2D eigenvalue weighted by Gasteiger charge is 2.54. The Kier molecular flexibility index (Phi) is 5.16. The molecule has 0 amide bonds. The minimum atomic E-state index is -0.401. The van der Waals surface area contributed by atoms with Crippen LogP contribution in [0.1, 0.15) is 78.7 Å². The van der Waals surface area contributed by atoms with Crippen LogP contribution in [0, 0.1) is 23.2 Å². The molecule has 0 spiro atoms. The number of ketones is 1. The van der Waals surface area contributed by atoms with E-state index >= 15 is 0 Å². The van der Waals surface area contributed by atoms with E-state index in [0.29, 0.717) is 23.3 Å². The van der Waals surface area contributed by atoms with E-state index in [2.05, 4.69) is 0 Å². The van der Waals surface area contributed by atoms with Crippen molar-refractivity contribution in [3.8, 4) is 0 Å². The number of esters is 1. The molecule has 0 atom stereocenters. The Labute approximate surface area is 210 Å². The Balaban J connectivity index is 1.20. The van der Waals surface area contributed by atoms with Gasteiger partial charge in [-0.1, -0.05) is 18.2 Å². The van der Waals surface area contributed by atoms with E-state index in [4.69, 9.17) is 14.1 Å². The van der Waals surface area contributed by atoms with Gasteiger partial charge in [-0.15, -0.1) is 0 Å². The third-order valence-corrected chi connectivity index (χ3v) is 9.20. The van der Waals surface area contributed by atoms with Gasteiger partial charge in [-0.25, -0.2) is 9.78 Å². The van der Waals surface area contributed by atoms with Crippen LogP contribution in [0.4, 0.5) is 0 Å². The first-order valence-corrected chi connectivity index (χ1v) is 13.4. The van der Waals surface area contributed by atoms with Gasteiger partial charge in [-0.2, -0.15) is 0 Å². The van der Waals surface area contributed by atoms with Crippen molar-refractivity contribution in [2.45, 2.75) is 57.8 Å². The molecule has 0 saturated heterocycles. The molecule has 2 heterocycles. The maximum absolute atomic E-state index is 13.6. The van der Waals surface area contributed by atoms with Gasteiger partial charge in [0.25, 0.3) is 0 Å². The predicted octanol–water partition coefficient (Wildman–Crippen LogP) is 6.65. The van der Waals surface area contributed by atoms with Crippen LogP contribution in [0.3, 0.4) is 0 Å². The molecule has 3 aromatic rings. The molecule has 0 aliphatic heterocycles. The molecule has 0 N–H and O–H groups in total.